The number of hydrogen-bond acceptors (Lipinski definition) is 3. The summed E-state index contributed by atoms with van der Waals surface area (Å²) in [6, 6.07) is 5.91. The average Bonchev–Trinajstić information content (AvgIpc) is 2.37. The minimum absolute atomic E-state index is 0.124. The summed E-state index contributed by atoms with van der Waals surface area (Å²) < 4.78 is 36.8. The van der Waals surface area contributed by atoms with Gasteiger partial charge >= 0.3 is 5.51 Å². The predicted molar refractivity (Wildman–Crippen MR) is 78.5 cm³/mol. The van der Waals surface area contributed by atoms with Gasteiger partial charge in [0.1, 0.15) is 5.15 Å². The lowest BCUT2D eigenvalue weighted by molar-refractivity contribution is -0.0328. The molecule has 0 aliphatic carbocycles. The Morgan fingerprint density at radius 1 is 1.14 bits per heavy atom. The highest BCUT2D eigenvalue weighted by Gasteiger charge is 2.29. The number of aryl methyl sites for hydroxylation is 1. The van der Waals surface area contributed by atoms with Crippen LogP contribution < -0.4 is 0 Å². The largest absolute Gasteiger partial charge is 0.446 e. The number of hydrogen-bond donors (Lipinski definition) is 0. The molecule has 2 nitrogen and oxygen atoms in total. The second-order valence-corrected chi connectivity index (χ2v) is 5.82. The molecule has 1 aromatic heterocycles. The molecule has 0 N–H and O–H groups in total. The van der Waals surface area contributed by atoms with Crippen LogP contribution in [0.15, 0.2) is 29.2 Å². The third-order valence-electron chi connectivity index (χ3n) is 2.86. The minimum Gasteiger partial charge on any atom is -0.233 e. The fraction of sp³-hybridized carbons (Fsp3) is 0.286. The van der Waals surface area contributed by atoms with E-state index >= 15 is 0 Å². The van der Waals surface area contributed by atoms with E-state index in [9.17, 15) is 13.2 Å². The molecule has 0 radical (unpaired) electrons. The quantitative estimate of drug-likeness (QED) is 0.565. The average molecular weight is 333 g/mol. The van der Waals surface area contributed by atoms with Crippen molar-refractivity contribution in [2.75, 3.05) is 0 Å². The first-order chi connectivity index (χ1) is 9.80. The molecule has 0 fully saturated rings. The van der Waals surface area contributed by atoms with Crippen molar-refractivity contribution >= 4 is 23.4 Å². The van der Waals surface area contributed by atoms with Crippen LogP contribution in [0, 0.1) is 6.92 Å². The molecule has 21 heavy (non-hydrogen) atoms. The highest BCUT2D eigenvalue weighted by Crippen LogP contribution is 2.37. The van der Waals surface area contributed by atoms with E-state index in [1.165, 1.54) is 12.1 Å². The zero-order chi connectivity index (χ0) is 15.6. The van der Waals surface area contributed by atoms with Crippen molar-refractivity contribution in [3.63, 3.8) is 0 Å². The van der Waals surface area contributed by atoms with Crippen LogP contribution in [-0.2, 0) is 6.42 Å². The van der Waals surface area contributed by atoms with Crippen LogP contribution in [0.5, 0.6) is 0 Å². The molecule has 1 aromatic carbocycles. The zero-order valence-corrected chi connectivity index (χ0v) is 12.9. The molecule has 0 unspecified atom stereocenters. The van der Waals surface area contributed by atoms with E-state index in [0.29, 0.717) is 16.5 Å². The van der Waals surface area contributed by atoms with Crippen LogP contribution in [0.2, 0.25) is 5.15 Å². The molecule has 0 saturated heterocycles. The maximum Gasteiger partial charge on any atom is 0.446 e. The highest BCUT2D eigenvalue weighted by atomic mass is 35.5. The fourth-order valence-corrected chi connectivity index (χ4v) is 2.79. The molecule has 2 aromatic rings. The Balaban J connectivity index is 2.31. The first-order valence-corrected chi connectivity index (χ1v) is 7.39. The van der Waals surface area contributed by atoms with Gasteiger partial charge < -0.3 is 0 Å². The molecule has 0 spiro atoms. The second-order valence-electron chi connectivity index (χ2n) is 4.33. The molecule has 0 aliphatic heterocycles. The van der Waals surface area contributed by atoms with Crippen LogP contribution in [0.25, 0.3) is 11.4 Å². The maximum atomic E-state index is 12.3. The lowest BCUT2D eigenvalue weighted by Crippen LogP contribution is -2.00. The Morgan fingerprint density at radius 2 is 1.76 bits per heavy atom. The van der Waals surface area contributed by atoms with Gasteiger partial charge in [-0.15, -0.1) is 0 Å². The first-order valence-electron chi connectivity index (χ1n) is 6.19. The zero-order valence-electron chi connectivity index (χ0n) is 11.3. The maximum absolute atomic E-state index is 12.3. The van der Waals surface area contributed by atoms with Gasteiger partial charge in [-0.05, 0) is 37.2 Å². The van der Waals surface area contributed by atoms with Crippen molar-refractivity contribution in [2.24, 2.45) is 0 Å². The number of nitrogens with zero attached hydrogens (tertiary/aromatic N) is 2. The van der Waals surface area contributed by atoms with E-state index in [1.807, 2.05) is 13.8 Å². The molecule has 112 valence electrons. The molecule has 0 amide bonds. The highest BCUT2D eigenvalue weighted by molar-refractivity contribution is 8.00. The van der Waals surface area contributed by atoms with Gasteiger partial charge in [-0.25, -0.2) is 9.97 Å². The Kier molecular flexibility index (Phi) is 4.78. The van der Waals surface area contributed by atoms with E-state index in [2.05, 4.69) is 9.97 Å². The third-order valence-corrected chi connectivity index (χ3v) is 3.92. The summed E-state index contributed by atoms with van der Waals surface area (Å²) in [6.45, 7) is 3.80. The second kappa shape index (κ2) is 6.23. The van der Waals surface area contributed by atoms with E-state index in [1.54, 1.807) is 12.1 Å². The monoisotopic (exact) mass is 332 g/mol. The molecule has 7 heteroatoms. The standard InChI is InChI=1S/C14H12ClF3N2S/c1-3-11-8(2)19-13(20-12(11)15)9-4-6-10(7-5-9)21-14(16,17)18/h4-7H,3H2,1-2H3. The van der Waals surface area contributed by atoms with Crippen molar-refractivity contribution in [3.8, 4) is 11.4 Å². The third kappa shape index (κ3) is 4.11. The lowest BCUT2D eigenvalue weighted by atomic mass is 10.1. The van der Waals surface area contributed by atoms with Gasteiger partial charge in [0, 0.05) is 21.7 Å². The Morgan fingerprint density at radius 3 is 2.24 bits per heavy atom. The Bertz CT molecular complexity index is 619. The molecule has 0 bridgehead atoms. The molecule has 0 atom stereocenters. The summed E-state index contributed by atoms with van der Waals surface area (Å²) in [7, 11) is 0. The SMILES string of the molecule is CCc1c(C)nc(-c2ccc(SC(F)(F)F)cc2)nc1Cl. The molecule has 2 rings (SSSR count). The van der Waals surface area contributed by atoms with E-state index < -0.39 is 5.51 Å². The fourth-order valence-electron chi connectivity index (χ4n) is 1.90. The van der Waals surface area contributed by atoms with Gasteiger partial charge in [0.2, 0.25) is 0 Å². The number of alkyl halides is 3. The van der Waals surface area contributed by atoms with Crippen molar-refractivity contribution in [1.29, 1.82) is 0 Å². The Hall–Kier alpha value is -1.27. The smallest absolute Gasteiger partial charge is 0.233 e. The summed E-state index contributed by atoms with van der Waals surface area (Å²) >= 11 is 5.95. The van der Waals surface area contributed by atoms with Gasteiger partial charge in [0.05, 0.1) is 0 Å². The summed E-state index contributed by atoms with van der Waals surface area (Å²) in [5.74, 6) is 0.415. The van der Waals surface area contributed by atoms with Crippen LogP contribution in [0.4, 0.5) is 13.2 Å². The van der Waals surface area contributed by atoms with Crippen molar-refractivity contribution < 1.29 is 13.2 Å². The summed E-state index contributed by atoms with van der Waals surface area (Å²) in [5.41, 5.74) is -2.00. The predicted octanol–water partition coefficient (Wildman–Crippen LogP) is 5.28. The number of rotatable bonds is 3. The lowest BCUT2D eigenvalue weighted by Gasteiger charge is -2.09. The first kappa shape index (κ1) is 16.1. The van der Waals surface area contributed by atoms with Crippen LogP contribution in [0.3, 0.4) is 0 Å². The van der Waals surface area contributed by atoms with Crippen LogP contribution >= 0.6 is 23.4 Å². The summed E-state index contributed by atoms with van der Waals surface area (Å²) in [6.07, 6.45) is 0.728. The van der Waals surface area contributed by atoms with Gasteiger partial charge in [-0.3, -0.25) is 0 Å². The molecule has 0 aliphatic rings. The summed E-state index contributed by atoms with van der Waals surface area (Å²) in [4.78, 5) is 8.68. The number of thioether (sulfide) groups is 1. The molecular weight excluding hydrogens is 321 g/mol. The molecular formula is C14H12ClF3N2S. The van der Waals surface area contributed by atoms with Gasteiger partial charge in [-0.1, -0.05) is 30.7 Å². The number of aromatic nitrogens is 2. The van der Waals surface area contributed by atoms with Crippen LogP contribution in [0.1, 0.15) is 18.2 Å². The van der Waals surface area contributed by atoms with Gasteiger partial charge in [0.15, 0.2) is 5.82 Å². The summed E-state index contributed by atoms with van der Waals surface area (Å²) in [5, 5.41) is 0.383. The Labute approximate surface area is 129 Å². The van der Waals surface area contributed by atoms with Crippen molar-refractivity contribution in [2.45, 2.75) is 30.7 Å². The van der Waals surface area contributed by atoms with E-state index in [0.717, 1.165) is 17.7 Å². The van der Waals surface area contributed by atoms with Gasteiger partial charge in [-0.2, -0.15) is 13.2 Å². The van der Waals surface area contributed by atoms with Crippen molar-refractivity contribution in [3.05, 3.63) is 40.7 Å². The molecule has 1 heterocycles. The molecule has 0 saturated carbocycles. The van der Waals surface area contributed by atoms with Gasteiger partial charge in [0.25, 0.3) is 0 Å². The number of halogens is 4. The van der Waals surface area contributed by atoms with E-state index in [-0.39, 0.29) is 16.7 Å². The normalized spacial score (nSPS) is 11.7. The number of benzene rings is 1. The van der Waals surface area contributed by atoms with Crippen molar-refractivity contribution in [1.82, 2.24) is 9.97 Å². The van der Waals surface area contributed by atoms with Crippen LogP contribution in [-0.4, -0.2) is 15.5 Å². The van der Waals surface area contributed by atoms with E-state index in [4.69, 9.17) is 11.6 Å². The topological polar surface area (TPSA) is 25.8 Å². The minimum atomic E-state index is -4.29.